The summed E-state index contributed by atoms with van der Waals surface area (Å²) in [5.41, 5.74) is 3.18. The number of nitrogens with zero attached hydrogens (tertiary/aromatic N) is 5. The lowest BCUT2D eigenvalue weighted by Gasteiger charge is -2.36. The fraction of sp³-hybridized carbons (Fsp3) is 0.385. The first-order valence-electron chi connectivity index (χ1n) is 12.2. The van der Waals surface area contributed by atoms with E-state index in [1.54, 1.807) is 11.1 Å². The van der Waals surface area contributed by atoms with Crippen LogP contribution in [0.5, 0.6) is 0 Å². The van der Waals surface area contributed by atoms with Gasteiger partial charge in [-0.25, -0.2) is 8.42 Å². The van der Waals surface area contributed by atoms with Gasteiger partial charge in [0.05, 0.1) is 5.56 Å². The molecule has 1 amide bonds. The number of aryl methyl sites for hydroxylation is 2. The second-order valence-electron chi connectivity index (χ2n) is 8.83. The van der Waals surface area contributed by atoms with Crippen molar-refractivity contribution < 1.29 is 13.2 Å². The van der Waals surface area contributed by atoms with Crippen LogP contribution in [0.3, 0.4) is 0 Å². The van der Waals surface area contributed by atoms with Gasteiger partial charge in [0.15, 0.2) is 0 Å². The van der Waals surface area contributed by atoms with Crippen LogP contribution in [0.2, 0.25) is 5.02 Å². The van der Waals surface area contributed by atoms with Gasteiger partial charge in [-0.3, -0.25) is 9.48 Å². The van der Waals surface area contributed by atoms with Crippen LogP contribution in [0, 0.1) is 6.92 Å². The van der Waals surface area contributed by atoms with Crippen LogP contribution >= 0.6 is 11.6 Å². The van der Waals surface area contributed by atoms with Gasteiger partial charge in [0.1, 0.15) is 0 Å². The molecule has 0 unspecified atom stereocenters. The Hall–Kier alpha value is -2.88. The molecule has 8 nitrogen and oxygen atoms in total. The summed E-state index contributed by atoms with van der Waals surface area (Å²) in [5.74, 6) is -0.340. The van der Waals surface area contributed by atoms with E-state index in [1.165, 1.54) is 8.99 Å². The Balaban J connectivity index is 1.57. The zero-order valence-corrected chi connectivity index (χ0v) is 22.5. The van der Waals surface area contributed by atoms with Crippen LogP contribution in [-0.2, 0) is 23.1 Å². The fourth-order valence-corrected chi connectivity index (χ4v) is 6.10. The number of carbonyl (C=O) groups is 1. The monoisotopic (exact) mass is 529 g/mol. The highest BCUT2D eigenvalue weighted by atomic mass is 35.5. The van der Waals surface area contributed by atoms with Crippen LogP contribution in [0.25, 0.3) is 0 Å². The molecule has 4 rings (SSSR count). The van der Waals surface area contributed by atoms with Crippen LogP contribution in [0.15, 0.2) is 59.8 Å². The van der Waals surface area contributed by atoms with Crippen LogP contribution in [0.1, 0.15) is 35.3 Å². The summed E-state index contributed by atoms with van der Waals surface area (Å²) in [6.07, 6.45) is 1.55. The number of sulfonamides is 1. The molecule has 0 N–H and O–H groups in total. The highest BCUT2D eigenvalue weighted by Crippen LogP contribution is 2.27. The lowest BCUT2D eigenvalue weighted by Crippen LogP contribution is -2.49. The van der Waals surface area contributed by atoms with Crippen molar-refractivity contribution in [3.8, 4) is 0 Å². The SMILES string of the molecule is CCN(Cc1ccccc1)C(=O)c1cn(CC)nc1S(=O)(=O)N1CCN(c2cc(Cl)ccc2C)CC1. The lowest BCUT2D eigenvalue weighted by molar-refractivity contribution is 0.0748. The molecule has 0 radical (unpaired) electrons. The Kier molecular flexibility index (Phi) is 8.02. The molecule has 2 aromatic carbocycles. The molecule has 10 heteroatoms. The van der Waals surface area contributed by atoms with Gasteiger partial charge in [-0.05, 0) is 44.0 Å². The van der Waals surface area contributed by atoms with E-state index in [0.29, 0.717) is 50.8 Å². The van der Waals surface area contributed by atoms with Crippen molar-refractivity contribution in [3.05, 3.63) is 76.4 Å². The quantitative estimate of drug-likeness (QED) is 0.440. The predicted molar refractivity (Wildman–Crippen MR) is 142 cm³/mol. The molecule has 192 valence electrons. The minimum absolute atomic E-state index is 0.114. The van der Waals surface area contributed by atoms with Crippen LogP contribution < -0.4 is 4.90 Å². The fourth-order valence-electron chi connectivity index (χ4n) is 4.42. The van der Waals surface area contributed by atoms with Gasteiger partial charge in [0.25, 0.3) is 15.9 Å². The van der Waals surface area contributed by atoms with Gasteiger partial charge in [-0.15, -0.1) is 0 Å². The van der Waals surface area contributed by atoms with E-state index in [0.717, 1.165) is 16.8 Å². The number of aromatic nitrogens is 2. The third-order valence-corrected chi connectivity index (χ3v) is 8.57. The molecule has 36 heavy (non-hydrogen) atoms. The number of benzene rings is 2. The van der Waals surface area contributed by atoms with Crippen molar-refractivity contribution in [1.29, 1.82) is 0 Å². The van der Waals surface area contributed by atoms with E-state index in [9.17, 15) is 13.2 Å². The minimum Gasteiger partial charge on any atom is -0.369 e. The number of rotatable bonds is 8. The first-order valence-corrected chi connectivity index (χ1v) is 14.0. The predicted octanol–water partition coefficient (Wildman–Crippen LogP) is 4.04. The molecule has 1 saturated heterocycles. The summed E-state index contributed by atoms with van der Waals surface area (Å²) in [6, 6.07) is 15.4. The van der Waals surface area contributed by atoms with Gasteiger partial charge in [-0.1, -0.05) is 48.0 Å². The molecule has 1 aliphatic heterocycles. The van der Waals surface area contributed by atoms with Gasteiger partial charge < -0.3 is 9.80 Å². The number of piperazine rings is 1. The van der Waals surface area contributed by atoms with Crippen LogP contribution in [0.4, 0.5) is 5.69 Å². The largest absolute Gasteiger partial charge is 0.369 e. The summed E-state index contributed by atoms with van der Waals surface area (Å²) >= 11 is 6.19. The van der Waals surface area contributed by atoms with E-state index in [4.69, 9.17) is 11.6 Å². The summed E-state index contributed by atoms with van der Waals surface area (Å²) in [5, 5.41) is 4.81. The highest BCUT2D eigenvalue weighted by molar-refractivity contribution is 7.89. The maximum Gasteiger partial charge on any atom is 0.263 e. The Morgan fingerprint density at radius 2 is 1.75 bits per heavy atom. The maximum atomic E-state index is 13.7. The van der Waals surface area contributed by atoms with E-state index in [2.05, 4.69) is 10.00 Å². The van der Waals surface area contributed by atoms with E-state index >= 15 is 0 Å². The first kappa shape index (κ1) is 26.2. The van der Waals surface area contributed by atoms with E-state index < -0.39 is 10.0 Å². The van der Waals surface area contributed by atoms with Gasteiger partial charge in [0, 0.05) is 62.7 Å². The second kappa shape index (κ2) is 11.0. The Bertz CT molecular complexity index is 1320. The standard InChI is InChI=1S/C26H32ClN5O3S/c1-4-29(18-21-9-7-6-8-10-21)26(33)23-19-31(5-2)28-25(23)36(34,35)32-15-13-30(14-16-32)24-17-22(27)12-11-20(24)3/h6-12,17,19H,4-5,13-16,18H2,1-3H3. The smallest absolute Gasteiger partial charge is 0.263 e. The van der Waals surface area contributed by atoms with Crippen LogP contribution in [-0.4, -0.2) is 66.0 Å². The summed E-state index contributed by atoms with van der Waals surface area (Å²) in [4.78, 5) is 17.3. The maximum absolute atomic E-state index is 13.7. The number of carbonyl (C=O) groups excluding carboxylic acids is 1. The van der Waals surface area contributed by atoms with Crippen molar-refractivity contribution in [2.45, 2.75) is 38.9 Å². The average molecular weight is 530 g/mol. The number of amides is 1. The molecule has 2 heterocycles. The molecule has 0 aliphatic carbocycles. The molecule has 0 saturated carbocycles. The van der Waals surface area contributed by atoms with Gasteiger partial charge in [-0.2, -0.15) is 9.40 Å². The molecule has 1 fully saturated rings. The van der Waals surface area contributed by atoms with E-state index in [1.807, 2.05) is 69.3 Å². The van der Waals surface area contributed by atoms with Crippen molar-refractivity contribution >= 4 is 33.2 Å². The molecule has 1 aliphatic rings. The van der Waals surface area contributed by atoms with Crippen molar-refractivity contribution in [2.24, 2.45) is 0 Å². The normalized spacial score (nSPS) is 14.7. The minimum atomic E-state index is -3.96. The number of hydrogen-bond acceptors (Lipinski definition) is 5. The Morgan fingerprint density at radius 1 is 1.06 bits per heavy atom. The van der Waals surface area contributed by atoms with Gasteiger partial charge >= 0.3 is 0 Å². The molecule has 0 bridgehead atoms. The topological polar surface area (TPSA) is 78.8 Å². The van der Waals surface area contributed by atoms with Crippen molar-refractivity contribution in [2.75, 3.05) is 37.6 Å². The summed E-state index contributed by atoms with van der Waals surface area (Å²) < 4.78 is 30.4. The molecule has 0 spiro atoms. The Labute approximate surface area is 218 Å². The Morgan fingerprint density at radius 3 is 2.39 bits per heavy atom. The molecule has 3 aromatic rings. The molecular weight excluding hydrogens is 498 g/mol. The highest BCUT2D eigenvalue weighted by Gasteiger charge is 2.36. The molecule has 0 atom stereocenters. The number of anilines is 1. The average Bonchev–Trinajstić information content (AvgIpc) is 3.35. The molecule has 1 aromatic heterocycles. The second-order valence-corrected chi connectivity index (χ2v) is 11.1. The number of halogens is 1. The zero-order valence-electron chi connectivity index (χ0n) is 20.9. The first-order chi connectivity index (χ1) is 17.2. The summed E-state index contributed by atoms with van der Waals surface area (Å²) in [6.45, 7) is 8.70. The van der Waals surface area contributed by atoms with Crippen molar-refractivity contribution in [3.63, 3.8) is 0 Å². The van der Waals surface area contributed by atoms with Crippen molar-refractivity contribution in [1.82, 2.24) is 19.0 Å². The molecular formula is C26H32ClN5O3S. The lowest BCUT2D eigenvalue weighted by atomic mass is 10.1. The van der Waals surface area contributed by atoms with Gasteiger partial charge in [0.2, 0.25) is 5.03 Å². The van der Waals surface area contributed by atoms with E-state index in [-0.39, 0.29) is 16.5 Å². The summed E-state index contributed by atoms with van der Waals surface area (Å²) in [7, 11) is -3.96. The zero-order chi connectivity index (χ0) is 25.9. The third-order valence-electron chi connectivity index (χ3n) is 6.50. The number of hydrogen-bond donors (Lipinski definition) is 0. The third kappa shape index (κ3) is 5.43.